The molecule has 0 saturated carbocycles. The Balaban J connectivity index is 1.79. The van der Waals surface area contributed by atoms with Crippen LogP contribution < -0.4 is 10.1 Å². The first-order valence-corrected chi connectivity index (χ1v) is 6.41. The standard InChI is InChI=1S/C13H16N2O5/c16-13(14-8-10-4-3-7-19-10)9-20-12-6-2-1-5-11(12)15(17)18/h1-2,5-6,10H,3-4,7-9H2,(H,14,16)/t10-/m0/s1. The first-order valence-electron chi connectivity index (χ1n) is 6.41. The highest BCUT2D eigenvalue weighted by atomic mass is 16.6. The van der Waals surface area contributed by atoms with Gasteiger partial charge in [-0.05, 0) is 18.9 Å². The van der Waals surface area contributed by atoms with E-state index in [1.807, 2.05) is 0 Å². The Morgan fingerprint density at radius 2 is 2.30 bits per heavy atom. The maximum Gasteiger partial charge on any atom is 0.310 e. The summed E-state index contributed by atoms with van der Waals surface area (Å²) in [6.45, 7) is 0.921. The van der Waals surface area contributed by atoms with E-state index in [0.29, 0.717) is 6.54 Å². The lowest BCUT2D eigenvalue weighted by atomic mass is 10.2. The molecule has 108 valence electrons. The Kier molecular flexibility index (Phi) is 4.89. The maximum absolute atomic E-state index is 11.6. The smallest absolute Gasteiger partial charge is 0.310 e. The predicted molar refractivity (Wildman–Crippen MR) is 70.6 cm³/mol. The molecule has 0 unspecified atom stereocenters. The van der Waals surface area contributed by atoms with Crippen LogP contribution in [-0.4, -0.2) is 36.7 Å². The summed E-state index contributed by atoms with van der Waals surface area (Å²) >= 11 is 0. The quantitative estimate of drug-likeness (QED) is 0.626. The molecule has 1 amide bonds. The van der Waals surface area contributed by atoms with Gasteiger partial charge in [-0.15, -0.1) is 0 Å². The molecule has 1 fully saturated rings. The minimum absolute atomic E-state index is 0.0602. The molecule has 20 heavy (non-hydrogen) atoms. The fourth-order valence-corrected chi connectivity index (χ4v) is 1.96. The van der Waals surface area contributed by atoms with Gasteiger partial charge in [-0.2, -0.15) is 0 Å². The second-order valence-electron chi connectivity index (χ2n) is 4.45. The monoisotopic (exact) mass is 280 g/mol. The molecule has 1 aromatic rings. The van der Waals surface area contributed by atoms with Crippen LogP contribution in [0.1, 0.15) is 12.8 Å². The molecule has 1 saturated heterocycles. The molecule has 0 spiro atoms. The number of hydrogen-bond acceptors (Lipinski definition) is 5. The van der Waals surface area contributed by atoms with Crippen LogP contribution in [0.2, 0.25) is 0 Å². The van der Waals surface area contributed by atoms with Gasteiger partial charge in [-0.25, -0.2) is 0 Å². The van der Waals surface area contributed by atoms with Crippen molar-refractivity contribution >= 4 is 11.6 Å². The first-order chi connectivity index (χ1) is 9.66. The summed E-state index contributed by atoms with van der Waals surface area (Å²) in [5, 5.41) is 13.5. The summed E-state index contributed by atoms with van der Waals surface area (Å²) in [6, 6.07) is 5.96. The second-order valence-corrected chi connectivity index (χ2v) is 4.45. The third-order valence-electron chi connectivity index (χ3n) is 2.97. The van der Waals surface area contributed by atoms with Gasteiger partial charge in [0.1, 0.15) is 0 Å². The van der Waals surface area contributed by atoms with E-state index in [4.69, 9.17) is 9.47 Å². The Morgan fingerprint density at radius 1 is 1.50 bits per heavy atom. The van der Waals surface area contributed by atoms with Gasteiger partial charge in [0.05, 0.1) is 11.0 Å². The number of nitro groups is 1. The Hall–Kier alpha value is -2.15. The molecule has 1 aromatic carbocycles. The zero-order valence-electron chi connectivity index (χ0n) is 10.9. The van der Waals surface area contributed by atoms with Gasteiger partial charge in [-0.1, -0.05) is 12.1 Å². The number of nitrogens with zero attached hydrogens (tertiary/aromatic N) is 1. The number of nitrogens with one attached hydrogen (secondary N) is 1. The number of ether oxygens (including phenoxy) is 2. The summed E-state index contributed by atoms with van der Waals surface area (Å²) in [5.41, 5.74) is -0.153. The Labute approximate surface area is 116 Å². The molecule has 0 radical (unpaired) electrons. The van der Waals surface area contributed by atoms with Gasteiger partial charge in [0.2, 0.25) is 0 Å². The van der Waals surface area contributed by atoms with Crippen molar-refractivity contribution in [2.45, 2.75) is 18.9 Å². The minimum atomic E-state index is -0.542. The number of nitro benzene ring substituents is 1. The third-order valence-corrected chi connectivity index (χ3v) is 2.97. The van der Waals surface area contributed by atoms with Crippen molar-refractivity contribution in [1.82, 2.24) is 5.32 Å². The van der Waals surface area contributed by atoms with Crippen LogP contribution >= 0.6 is 0 Å². The number of hydrogen-bond donors (Lipinski definition) is 1. The summed E-state index contributed by atoms with van der Waals surface area (Å²) in [7, 11) is 0. The van der Waals surface area contributed by atoms with Crippen LogP contribution in [0.5, 0.6) is 5.75 Å². The molecule has 2 rings (SSSR count). The fourth-order valence-electron chi connectivity index (χ4n) is 1.96. The molecule has 1 aliphatic heterocycles. The van der Waals surface area contributed by atoms with Crippen molar-refractivity contribution in [2.75, 3.05) is 19.8 Å². The number of rotatable bonds is 6. The zero-order chi connectivity index (χ0) is 14.4. The molecular formula is C13H16N2O5. The molecule has 1 heterocycles. The molecule has 1 aliphatic rings. The van der Waals surface area contributed by atoms with E-state index >= 15 is 0 Å². The van der Waals surface area contributed by atoms with E-state index < -0.39 is 4.92 Å². The van der Waals surface area contributed by atoms with Gasteiger partial charge in [0.25, 0.3) is 5.91 Å². The second kappa shape index (κ2) is 6.85. The number of amides is 1. The molecule has 0 aliphatic carbocycles. The van der Waals surface area contributed by atoms with Gasteiger partial charge in [0.15, 0.2) is 12.4 Å². The van der Waals surface area contributed by atoms with E-state index in [-0.39, 0.29) is 30.1 Å². The highest BCUT2D eigenvalue weighted by Gasteiger charge is 2.17. The number of benzene rings is 1. The zero-order valence-corrected chi connectivity index (χ0v) is 10.9. The first kappa shape index (κ1) is 14.3. The molecule has 7 heteroatoms. The van der Waals surface area contributed by atoms with Crippen LogP contribution in [0.4, 0.5) is 5.69 Å². The summed E-state index contributed by atoms with van der Waals surface area (Å²) in [5.74, 6) is -0.233. The summed E-state index contributed by atoms with van der Waals surface area (Å²) in [4.78, 5) is 21.8. The summed E-state index contributed by atoms with van der Waals surface area (Å²) < 4.78 is 10.6. The highest BCUT2D eigenvalue weighted by Crippen LogP contribution is 2.25. The molecular weight excluding hydrogens is 264 g/mol. The van der Waals surface area contributed by atoms with Crippen LogP contribution in [0.25, 0.3) is 0 Å². The largest absolute Gasteiger partial charge is 0.477 e. The molecule has 1 N–H and O–H groups in total. The van der Waals surface area contributed by atoms with Gasteiger partial charge >= 0.3 is 5.69 Å². The average Bonchev–Trinajstić information content (AvgIpc) is 2.96. The molecule has 0 aromatic heterocycles. The lowest BCUT2D eigenvalue weighted by molar-refractivity contribution is -0.385. The lowest BCUT2D eigenvalue weighted by Gasteiger charge is -2.11. The van der Waals surface area contributed by atoms with Crippen molar-refractivity contribution in [1.29, 1.82) is 0 Å². The molecule has 1 atom stereocenters. The van der Waals surface area contributed by atoms with Crippen LogP contribution in [0.3, 0.4) is 0 Å². The third kappa shape index (κ3) is 3.92. The Bertz CT molecular complexity index is 485. The van der Waals surface area contributed by atoms with Crippen molar-refractivity contribution < 1.29 is 19.2 Å². The number of para-hydroxylation sites is 2. The number of carbonyl (C=O) groups excluding carboxylic acids is 1. The van der Waals surface area contributed by atoms with Crippen molar-refractivity contribution in [2.24, 2.45) is 0 Å². The summed E-state index contributed by atoms with van der Waals surface area (Å²) in [6.07, 6.45) is 2.00. The SMILES string of the molecule is O=C(COc1ccccc1[N+](=O)[O-])NC[C@@H]1CCCO1. The van der Waals surface area contributed by atoms with Gasteiger partial charge < -0.3 is 14.8 Å². The van der Waals surface area contributed by atoms with E-state index in [1.165, 1.54) is 12.1 Å². The average molecular weight is 280 g/mol. The topological polar surface area (TPSA) is 90.7 Å². The number of carbonyl (C=O) groups is 1. The fraction of sp³-hybridized carbons (Fsp3) is 0.462. The van der Waals surface area contributed by atoms with Gasteiger partial charge in [-0.3, -0.25) is 14.9 Å². The maximum atomic E-state index is 11.6. The van der Waals surface area contributed by atoms with Crippen molar-refractivity contribution in [3.8, 4) is 5.75 Å². The highest BCUT2D eigenvalue weighted by molar-refractivity contribution is 5.77. The van der Waals surface area contributed by atoms with Crippen LogP contribution in [0.15, 0.2) is 24.3 Å². The predicted octanol–water partition coefficient (Wildman–Crippen LogP) is 1.27. The van der Waals surface area contributed by atoms with Gasteiger partial charge in [0, 0.05) is 19.2 Å². The van der Waals surface area contributed by atoms with E-state index in [9.17, 15) is 14.9 Å². The molecule has 0 bridgehead atoms. The van der Waals surface area contributed by atoms with E-state index in [2.05, 4.69) is 5.32 Å². The van der Waals surface area contributed by atoms with Crippen molar-refractivity contribution in [3.63, 3.8) is 0 Å². The van der Waals surface area contributed by atoms with Crippen LogP contribution in [0, 0.1) is 10.1 Å². The Morgan fingerprint density at radius 3 is 3.00 bits per heavy atom. The molecule has 7 nitrogen and oxygen atoms in total. The lowest BCUT2D eigenvalue weighted by Crippen LogP contribution is -2.35. The van der Waals surface area contributed by atoms with Crippen LogP contribution in [-0.2, 0) is 9.53 Å². The minimum Gasteiger partial charge on any atom is -0.477 e. The normalized spacial score (nSPS) is 17.7. The van der Waals surface area contributed by atoms with Crippen molar-refractivity contribution in [3.05, 3.63) is 34.4 Å². The van der Waals surface area contributed by atoms with E-state index in [0.717, 1.165) is 19.4 Å². The van der Waals surface area contributed by atoms with E-state index in [1.54, 1.807) is 12.1 Å².